The van der Waals surface area contributed by atoms with Gasteiger partial charge in [0.05, 0.1) is 6.04 Å². The molecule has 3 rings (SSSR count). The number of benzene rings is 2. The highest BCUT2D eigenvalue weighted by atomic mass is 16.5. The van der Waals surface area contributed by atoms with Crippen LogP contribution in [-0.4, -0.2) is 30.1 Å². The Morgan fingerprint density at radius 3 is 2.44 bits per heavy atom. The zero-order chi connectivity index (χ0) is 24.3. The largest absolute Gasteiger partial charge is 0.486 e. The summed E-state index contributed by atoms with van der Waals surface area (Å²) < 4.78 is 11.2. The normalized spacial score (nSPS) is 11.7. The van der Waals surface area contributed by atoms with E-state index in [2.05, 4.69) is 22.7 Å². The summed E-state index contributed by atoms with van der Waals surface area (Å²) in [4.78, 5) is 23.1. The number of hydrogen-bond acceptors (Lipinski definition) is 6. The van der Waals surface area contributed by atoms with E-state index in [1.54, 1.807) is 7.05 Å². The number of carbonyl (C=O) groups is 2. The molecular weight excluding hydrogens is 432 g/mol. The van der Waals surface area contributed by atoms with Gasteiger partial charge in [-0.3, -0.25) is 9.59 Å². The van der Waals surface area contributed by atoms with E-state index >= 15 is 0 Å². The second kappa shape index (κ2) is 12.6. The van der Waals surface area contributed by atoms with E-state index in [0.717, 1.165) is 35.2 Å². The minimum atomic E-state index is -0.405. The molecule has 34 heavy (non-hydrogen) atoms. The molecule has 0 unspecified atom stereocenters. The fraction of sp³-hybridized carbons (Fsp3) is 0.346. The molecule has 2 aromatic carbocycles. The lowest BCUT2D eigenvalue weighted by molar-refractivity contribution is -0.121. The van der Waals surface area contributed by atoms with Crippen molar-refractivity contribution in [1.29, 1.82) is 0 Å². The van der Waals surface area contributed by atoms with E-state index in [1.807, 2.05) is 54.6 Å². The predicted octanol–water partition coefficient (Wildman–Crippen LogP) is 3.34. The maximum absolute atomic E-state index is 11.8. The molecule has 180 valence electrons. The van der Waals surface area contributed by atoms with Crippen molar-refractivity contribution >= 4 is 11.8 Å². The lowest BCUT2D eigenvalue weighted by Gasteiger charge is -2.12. The number of aromatic nitrogens is 1. The number of likely N-dealkylation sites (N-methyl/N-ethyl adjacent to an activating group) is 1. The number of nitrogens with one attached hydrogen (secondary N) is 2. The first kappa shape index (κ1) is 25.0. The third-order valence-corrected chi connectivity index (χ3v) is 5.49. The summed E-state index contributed by atoms with van der Waals surface area (Å²) in [7, 11) is 1.71. The van der Waals surface area contributed by atoms with E-state index in [4.69, 9.17) is 15.0 Å². The van der Waals surface area contributed by atoms with Crippen LogP contribution in [0.25, 0.3) is 11.3 Å². The van der Waals surface area contributed by atoms with Gasteiger partial charge in [-0.05, 0) is 43.1 Å². The molecule has 0 aliphatic rings. The Bertz CT molecular complexity index is 1060. The van der Waals surface area contributed by atoms with E-state index < -0.39 is 6.04 Å². The highest BCUT2D eigenvalue weighted by Gasteiger charge is 2.13. The van der Waals surface area contributed by atoms with Crippen LogP contribution in [0.1, 0.15) is 43.1 Å². The Balaban J connectivity index is 1.49. The van der Waals surface area contributed by atoms with Crippen LogP contribution in [0.15, 0.2) is 59.1 Å². The van der Waals surface area contributed by atoms with Crippen LogP contribution in [0, 0.1) is 0 Å². The van der Waals surface area contributed by atoms with Gasteiger partial charge in [0.15, 0.2) is 5.76 Å². The zero-order valence-corrected chi connectivity index (χ0v) is 19.7. The van der Waals surface area contributed by atoms with Crippen LogP contribution in [0.5, 0.6) is 5.75 Å². The molecular formula is C26H32N4O4. The Morgan fingerprint density at radius 2 is 1.79 bits per heavy atom. The third-order valence-electron chi connectivity index (χ3n) is 5.49. The van der Waals surface area contributed by atoms with Crippen LogP contribution in [0.3, 0.4) is 0 Å². The lowest BCUT2D eigenvalue weighted by Crippen LogP contribution is -2.40. The van der Waals surface area contributed by atoms with Crippen molar-refractivity contribution in [2.45, 2.75) is 51.8 Å². The van der Waals surface area contributed by atoms with Gasteiger partial charge in [0.25, 0.3) is 0 Å². The van der Waals surface area contributed by atoms with Crippen molar-refractivity contribution in [2.24, 2.45) is 5.73 Å². The first-order valence-corrected chi connectivity index (χ1v) is 11.5. The SMILES string of the molecule is CCCCC(=O)NCc1ccc(-c2cc(COc3ccc(C[C@H](NC)C(N)=O)cc3)on2)cc1. The van der Waals surface area contributed by atoms with E-state index in [0.29, 0.717) is 30.9 Å². The number of rotatable bonds is 13. The zero-order valence-electron chi connectivity index (χ0n) is 19.7. The van der Waals surface area contributed by atoms with Gasteiger partial charge in [0.1, 0.15) is 18.1 Å². The topological polar surface area (TPSA) is 119 Å². The summed E-state index contributed by atoms with van der Waals surface area (Å²) in [5.41, 5.74) is 9.03. The lowest BCUT2D eigenvalue weighted by atomic mass is 10.1. The molecule has 0 fully saturated rings. The van der Waals surface area contributed by atoms with Gasteiger partial charge in [-0.1, -0.05) is 54.9 Å². The van der Waals surface area contributed by atoms with Gasteiger partial charge in [0, 0.05) is 24.6 Å². The summed E-state index contributed by atoms with van der Waals surface area (Å²) >= 11 is 0. The Labute approximate surface area is 199 Å². The second-order valence-corrected chi connectivity index (χ2v) is 8.14. The van der Waals surface area contributed by atoms with E-state index in [-0.39, 0.29) is 18.4 Å². The van der Waals surface area contributed by atoms with E-state index in [1.165, 1.54) is 0 Å². The van der Waals surface area contributed by atoms with Crippen LogP contribution in [0.4, 0.5) is 0 Å². The van der Waals surface area contributed by atoms with Gasteiger partial charge in [-0.15, -0.1) is 0 Å². The molecule has 8 nitrogen and oxygen atoms in total. The van der Waals surface area contributed by atoms with Crippen molar-refractivity contribution in [1.82, 2.24) is 15.8 Å². The Morgan fingerprint density at radius 1 is 1.09 bits per heavy atom. The van der Waals surface area contributed by atoms with Gasteiger partial charge in [-0.2, -0.15) is 0 Å². The maximum atomic E-state index is 11.8. The molecule has 0 saturated heterocycles. The van der Waals surface area contributed by atoms with Crippen molar-refractivity contribution in [3.05, 3.63) is 71.5 Å². The number of nitrogens with zero attached hydrogens (tertiary/aromatic N) is 1. The highest BCUT2D eigenvalue weighted by molar-refractivity contribution is 5.80. The minimum Gasteiger partial charge on any atom is -0.486 e. The summed E-state index contributed by atoms with van der Waals surface area (Å²) in [6.45, 7) is 2.83. The molecule has 1 heterocycles. The Hall–Kier alpha value is -3.65. The molecule has 4 N–H and O–H groups in total. The fourth-order valence-corrected chi connectivity index (χ4v) is 3.39. The summed E-state index contributed by atoms with van der Waals surface area (Å²) in [5, 5.41) is 9.98. The third kappa shape index (κ3) is 7.45. The molecule has 0 bridgehead atoms. The number of primary amides is 1. The monoisotopic (exact) mass is 464 g/mol. The second-order valence-electron chi connectivity index (χ2n) is 8.14. The minimum absolute atomic E-state index is 0.0783. The van der Waals surface area contributed by atoms with Crippen LogP contribution >= 0.6 is 0 Å². The predicted molar refractivity (Wildman–Crippen MR) is 130 cm³/mol. The van der Waals surface area contributed by atoms with Crippen LogP contribution < -0.4 is 21.1 Å². The first-order valence-electron chi connectivity index (χ1n) is 11.5. The number of ether oxygens (including phenoxy) is 1. The van der Waals surface area contributed by atoms with E-state index in [9.17, 15) is 9.59 Å². The summed E-state index contributed by atoms with van der Waals surface area (Å²) in [5.74, 6) is 0.990. The number of nitrogens with two attached hydrogens (primary N) is 1. The standard InChI is InChI=1S/C26H32N4O4/c1-3-4-5-25(31)29-16-19-6-10-20(11-7-19)23-15-22(34-30-23)17-33-21-12-8-18(9-13-21)14-24(28-2)26(27)32/h6-13,15,24,28H,3-5,14,16-17H2,1-2H3,(H2,27,32)(H,29,31)/t24-/m0/s1. The molecule has 8 heteroatoms. The highest BCUT2D eigenvalue weighted by Crippen LogP contribution is 2.21. The molecule has 0 saturated carbocycles. The molecule has 0 aliphatic heterocycles. The smallest absolute Gasteiger partial charge is 0.234 e. The fourth-order valence-electron chi connectivity index (χ4n) is 3.39. The van der Waals surface area contributed by atoms with Crippen LogP contribution in [-0.2, 0) is 29.2 Å². The number of carbonyl (C=O) groups excluding carboxylic acids is 2. The maximum Gasteiger partial charge on any atom is 0.234 e. The van der Waals surface area contributed by atoms with Gasteiger partial charge in [-0.25, -0.2) is 0 Å². The number of hydrogen-bond donors (Lipinski definition) is 3. The quantitative estimate of drug-likeness (QED) is 0.357. The average molecular weight is 465 g/mol. The van der Waals surface area contributed by atoms with Gasteiger partial charge >= 0.3 is 0 Å². The Kier molecular flexibility index (Phi) is 9.22. The molecule has 3 aromatic rings. The molecule has 1 aromatic heterocycles. The molecule has 0 radical (unpaired) electrons. The number of amides is 2. The summed E-state index contributed by atoms with van der Waals surface area (Å²) in [6.07, 6.45) is 2.99. The molecule has 2 amide bonds. The average Bonchev–Trinajstić information content (AvgIpc) is 3.33. The van der Waals surface area contributed by atoms with Crippen molar-refractivity contribution in [3.8, 4) is 17.0 Å². The molecule has 1 atom stereocenters. The first-order chi connectivity index (χ1) is 16.5. The van der Waals surface area contributed by atoms with Crippen molar-refractivity contribution in [3.63, 3.8) is 0 Å². The molecule has 0 aliphatic carbocycles. The summed E-state index contributed by atoms with van der Waals surface area (Å²) in [6, 6.07) is 16.8. The van der Waals surface area contributed by atoms with Crippen molar-refractivity contribution < 1.29 is 18.8 Å². The molecule has 0 spiro atoms. The van der Waals surface area contributed by atoms with Crippen molar-refractivity contribution in [2.75, 3.05) is 7.05 Å². The number of unbranched alkanes of at least 4 members (excludes halogenated alkanes) is 1. The van der Waals surface area contributed by atoms with Gasteiger partial charge < -0.3 is 25.6 Å². The van der Waals surface area contributed by atoms with Crippen LogP contribution in [0.2, 0.25) is 0 Å². The van der Waals surface area contributed by atoms with Gasteiger partial charge in [0.2, 0.25) is 11.8 Å².